The third-order valence-corrected chi connectivity index (χ3v) is 7.77. The van der Waals surface area contributed by atoms with Crippen molar-refractivity contribution in [2.24, 2.45) is 5.92 Å². The van der Waals surface area contributed by atoms with E-state index in [9.17, 15) is 18.0 Å². The Labute approximate surface area is 196 Å². The first kappa shape index (κ1) is 26.6. The second-order valence-corrected chi connectivity index (χ2v) is 11.1. The number of piperidine rings is 1. The number of nitrogens with zero attached hydrogens (tertiary/aromatic N) is 2. The molecule has 0 aromatic heterocycles. The highest BCUT2D eigenvalue weighted by atomic mass is 35.5. The molecule has 1 heterocycles. The van der Waals surface area contributed by atoms with Gasteiger partial charge in [-0.25, -0.2) is 12.7 Å². The molecule has 1 aromatic rings. The van der Waals surface area contributed by atoms with E-state index in [1.54, 1.807) is 0 Å². The number of hydrogen-bond donors (Lipinski definition) is 2. The highest BCUT2D eigenvalue weighted by Crippen LogP contribution is 2.26. The van der Waals surface area contributed by atoms with Crippen molar-refractivity contribution in [2.75, 3.05) is 39.0 Å². The van der Waals surface area contributed by atoms with Crippen LogP contribution in [0, 0.1) is 5.92 Å². The minimum atomic E-state index is -3.63. The number of hydrogen-bond acceptors (Lipinski definition) is 5. The van der Waals surface area contributed by atoms with E-state index in [0.717, 1.165) is 36.5 Å². The number of amides is 2. The summed E-state index contributed by atoms with van der Waals surface area (Å²) in [6, 6.07) is 4.41. The van der Waals surface area contributed by atoms with Gasteiger partial charge in [-0.3, -0.25) is 9.59 Å². The summed E-state index contributed by atoms with van der Waals surface area (Å²) in [5.41, 5.74) is 0.264. The van der Waals surface area contributed by atoms with Crippen molar-refractivity contribution >= 4 is 39.1 Å². The quantitative estimate of drug-likeness (QED) is 0.529. The molecule has 1 aliphatic heterocycles. The highest BCUT2D eigenvalue weighted by molar-refractivity contribution is 7.89. The first-order chi connectivity index (χ1) is 15.0. The van der Waals surface area contributed by atoms with Crippen molar-refractivity contribution in [1.82, 2.24) is 14.5 Å². The van der Waals surface area contributed by atoms with E-state index in [4.69, 9.17) is 11.6 Å². The van der Waals surface area contributed by atoms with E-state index in [-0.39, 0.29) is 45.8 Å². The Bertz CT molecular complexity index is 907. The number of carbonyl (C=O) groups excluding carboxylic acids is 2. The summed E-state index contributed by atoms with van der Waals surface area (Å²) >= 11 is 6.16. The number of halogens is 1. The summed E-state index contributed by atoms with van der Waals surface area (Å²) in [5.74, 6) is -0.228. The van der Waals surface area contributed by atoms with Crippen LogP contribution < -0.4 is 10.6 Å². The second kappa shape index (κ2) is 12.0. The first-order valence-corrected chi connectivity index (χ1v) is 12.9. The molecule has 0 bridgehead atoms. The lowest BCUT2D eigenvalue weighted by Crippen LogP contribution is -2.45. The Morgan fingerprint density at radius 2 is 2.03 bits per heavy atom. The largest absolute Gasteiger partial charge is 0.353 e. The van der Waals surface area contributed by atoms with Crippen molar-refractivity contribution in [3.8, 4) is 0 Å². The maximum atomic E-state index is 12.5. The van der Waals surface area contributed by atoms with Gasteiger partial charge in [-0.15, -0.1) is 0 Å². The van der Waals surface area contributed by atoms with E-state index in [1.165, 1.54) is 32.3 Å². The van der Waals surface area contributed by atoms with Crippen molar-refractivity contribution < 1.29 is 18.0 Å². The number of likely N-dealkylation sites (tertiary alicyclic amines) is 1. The monoisotopic (exact) mass is 486 g/mol. The summed E-state index contributed by atoms with van der Waals surface area (Å²) in [5, 5.41) is 6.07. The fourth-order valence-electron chi connectivity index (χ4n) is 3.78. The van der Waals surface area contributed by atoms with Crippen LogP contribution in [0.5, 0.6) is 0 Å². The predicted octanol–water partition coefficient (Wildman–Crippen LogP) is 2.94. The van der Waals surface area contributed by atoms with Crippen LogP contribution in [0.25, 0.3) is 0 Å². The zero-order chi connectivity index (χ0) is 23.9. The lowest BCUT2D eigenvalue weighted by molar-refractivity contribution is -0.127. The Hall–Kier alpha value is -1.68. The van der Waals surface area contributed by atoms with E-state index in [2.05, 4.69) is 22.5 Å². The van der Waals surface area contributed by atoms with Crippen LogP contribution in [-0.2, 0) is 19.6 Å². The number of carbonyl (C=O) groups is 2. The lowest BCUT2D eigenvalue weighted by atomic mass is 9.96. The number of benzene rings is 1. The normalized spacial score (nSPS) is 18.4. The Morgan fingerprint density at radius 1 is 1.31 bits per heavy atom. The zero-order valence-corrected chi connectivity index (χ0v) is 20.9. The second-order valence-electron chi connectivity index (χ2n) is 8.57. The zero-order valence-electron chi connectivity index (χ0n) is 19.4. The molecule has 0 saturated carbocycles. The molecule has 0 radical (unpaired) electrons. The molecule has 10 heteroatoms. The molecule has 2 amide bonds. The van der Waals surface area contributed by atoms with Gasteiger partial charge in [-0.05, 0) is 50.9 Å². The fourth-order valence-corrected chi connectivity index (χ4v) is 4.88. The third-order valence-electron chi connectivity index (χ3n) is 5.63. The van der Waals surface area contributed by atoms with E-state index in [0.29, 0.717) is 13.1 Å². The van der Waals surface area contributed by atoms with Crippen molar-refractivity contribution in [1.29, 1.82) is 0 Å². The summed E-state index contributed by atoms with van der Waals surface area (Å²) < 4.78 is 25.8. The van der Waals surface area contributed by atoms with Crippen LogP contribution in [0.2, 0.25) is 5.02 Å². The average molecular weight is 487 g/mol. The summed E-state index contributed by atoms with van der Waals surface area (Å²) in [6.45, 7) is 6.12. The van der Waals surface area contributed by atoms with Crippen LogP contribution in [0.15, 0.2) is 23.1 Å². The number of anilines is 1. The number of rotatable bonds is 10. The summed E-state index contributed by atoms with van der Waals surface area (Å²) in [6.07, 6.45) is 3.99. The smallest absolute Gasteiger partial charge is 0.242 e. The molecule has 2 rings (SSSR count). The Balaban J connectivity index is 1.91. The van der Waals surface area contributed by atoms with Gasteiger partial charge in [0.2, 0.25) is 21.8 Å². The van der Waals surface area contributed by atoms with Gasteiger partial charge in [0.05, 0.1) is 21.5 Å². The summed E-state index contributed by atoms with van der Waals surface area (Å²) in [7, 11) is -0.744. The van der Waals surface area contributed by atoms with Crippen LogP contribution >= 0.6 is 11.6 Å². The maximum Gasteiger partial charge on any atom is 0.242 e. The van der Waals surface area contributed by atoms with Crippen LogP contribution in [-0.4, -0.2) is 69.2 Å². The SMILES string of the molecule is CCC[C@@H](C)NC(=O)[C@@H]1CCCN(CCC(=O)Nc2cc(S(=O)(=O)N(C)C)ccc2Cl)C1. The molecule has 1 fully saturated rings. The van der Waals surface area contributed by atoms with Crippen molar-refractivity contribution in [2.45, 2.75) is 56.9 Å². The average Bonchev–Trinajstić information content (AvgIpc) is 2.74. The first-order valence-electron chi connectivity index (χ1n) is 11.1. The Morgan fingerprint density at radius 3 is 2.69 bits per heavy atom. The minimum Gasteiger partial charge on any atom is -0.353 e. The molecular formula is C22H35ClN4O4S. The predicted molar refractivity (Wildman–Crippen MR) is 127 cm³/mol. The highest BCUT2D eigenvalue weighted by Gasteiger charge is 2.26. The van der Waals surface area contributed by atoms with Gasteiger partial charge in [0, 0.05) is 39.6 Å². The Kier molecular flexibility index (Phi) is 9.94. The fraction of sp³-hybridized carbons (Fsp3) is 0.636. The van der Waals surface area contributed by atoms with Gasteiger partial charge in [-0.1, -0.05) is 24.9 Å². The molecule has 32 heavy (non-hydrogen) atoms. The number of sulfonamides is 1. The molecule has 0 aliphatic carbocycles. The van der Waals surface area contributed by atoms with Crippen LogP contribution in [0.1, 0.15) is 46.0 Å². The number of nitrogens with one attached hydrogen (secondary N) is 2. The topological polar surface area (TPSA) is 98.8 Å². The van der Waals surface area contributed by atoms with Crippen LogP contribution in [0.3, 0.4) is 0 Å². The van der Waals surface area contributed by atoms with E-state index >= 15 is 0 Å². The third kappa shape index (κ3) is 7.43. The molecule has 0 spiro atoms. The van der Waals surface area contributed by atoms with Gasteiger partial charge in [0.15, 0.2) is 0 Å². The van der Waals surface area contributed by atoms with Gasteiger partial charge in [0.1, 0.15) is 0 Å². The van der Waals surface area contributed by atoms with Crippen molar-refractivity contribution in [3.05, 3.63) is 23.2 Å². The van der Waals surface area contributed by atoms with Gasteiger partial charge in [-0.2, -0.15) is 0 Å². The molecule has 8 nitrogen and oxygen atoms in total. The lowest BCUT2D eigenvalue weighted by Gasteiger charge is -2.32. The molecule has 2 atom stereocenters. The van der Waals surface area contributed by atoms with Gasteiger partial charge in [0.25, 0.3) is 0 Å². The minimum absolute atomic E-state index is 0.0596. The van der Waals surface area contributed by atoms with E-state index < -0.39 is 10.0 Å². The van der Waals surface area contributed by atoms with Gasteiger partial charge >= 0.3 is 0 Å². The van der Waals surface area contributed by atoms with E-state index in [1.807, 2.05) is 6.92 Å². The molecule has 180 valence electrons. The molecule has 1 saturated heterocycles. The molecule has 2 N–H and O–H groups in total. The van der Waals surface area contributed by atoms with Crippen molar-refractivity contribution in [3.63, 3.8) is 0 Å². The molecule has 1 aliphatic rings. The summed E-state index contributed by atoms with van der Waals surface area (Å²) in [4.78, 5) is 27.2. The molecule has 0 unspecified atom stereocenters. The van der Waals surface area contributed by atoms with Crippen LogP contribution in [0.4, 0.5) is 5.69 Å². The molecular weight excluding hydrogens is 452 g/mol. The maximum absolute atomic E-state index is 12.5. The van der Waals surface area contributed by atoms with Gasteiger partial charge < -0.3 is 15.5 Å². The molecule has 1 aromatic carbocycles. The standard InChI is InChI=1S/C22H35ClN4O4S/c1-5-7-16(2)24-22(29)17-8-6-12-27(15-17)13-11-21(28)25-20-14-18(9-10-19(20)23)32(30,31)26(3)4/h9-10,14,16-17H,5-8,11-13,15H2,1-4H3,(H,24,29)(H,25,28)/t16-,17-/m1/s1.